The highest BCUT2D eigenvalue weighted by molar-refractivity contribution is 5.15. The van der Waals surface area contributed by atoms with Gasteiger partial charge in [0, 0.05) is 56.9 Å². The average Bonchev–Trinajstić information content (AvgIpc) is 3.15. The van der Waals surface area contributed by atoms with Gasteiger partial charge >= 0.3 is 0 Å². The molecule has 0 aromatic carbocycles. The zero-order valence-electron chi connectivity index (χ0n) is 12.9. The van der Waals surface area contributed by atoms with Gasteiger partial charge in [-0.05, 0) is 20.3 Å². The summed E-state index contributed by atoms with van der Waals surface area (Å²) < 4.78 is 9.92. The van der Waals surface area contributed by atoms with Gasteiger partial charge in [-0.2, -0.15) is 5.10 Å². The van der Waals surface area contributed by atoms with Crippen molar-refractivity contribution in [2.24, 2.45) is 7.05 Å². The van der Waals surface area contributed by atoms with E-state index in [0.717, 1.165) is 37.6 Å². The number of hydrogen-bond donors (Lipinski definition) is 1. The van der Waals surface area contributed by atoms with Crippen LogP contribution in [0.25, 0.3) is 0 Å². The Kier molecular flexibility index (Phi) is 4.07. The van der Waals surface area contributed by atoms with Crippen LogP contribution in [0.3, 0.4) is 0 Å². The number of ether oxygens (including phenoxy) is 1. The van der Waals surface area contributed by atoms with Crippen LogP contribution in [-0.4, -0.2) is 32.0 Å². The topological polar surface area (TPSA) is 56.9 Å². The van der Waals surface area contributed by atoms with Gasteiger partial charge in [0.2, 0.25) is 0 Å². The number of aromatic nitrogens is 4. The Bertz CT molecular complexity index is 603. The molecule has 0 spiro atoms. The minimum absolute atomic E-state index is 0.0388. The molecule has 2 aromatic rings. The third kappa shape index (κ3) is 2.87. The molecule has 3 heterocycles. The predicted octanol–water partition coefficient (Wildman–Crippen LogP) is 1.56. The van der Waals surface area contributed by atoms with Gasteiger partial charge in [0.05, 0.1) is 5.69 Å². The Morgan fingerprint density at radius 1 is 1.48 bits per heavy atom. The maximum atomic E-state index is 5.91. The molecule has 2 atom stereocenters. The molecule has 1 fully saturated rings. The molecule has 0 radical (unpaired) electrons. The second-order valence-corrected chi connectivity index (χ2v) is 5.55. The van der Waals surface area contributed by atoms with Crippen LogP contribution in [0.15, 0.2) is 18.6 Å². The number of hydrogen-bond acceptors (Lipinski definition) is 4. The van der Waals surface area contributed by atoms with E-state index in [4.69, 9.17) is 4.74 Å². The second kappa shape index (κ2) is 5.99. The predicted molar refractivity (Wildman–Crippen MR) is 79.8 cm³/mol. The van der Waals surface area contributed by atoms with Crippen molar-refractivity contribution in [1.29, 1.82) is 0 Å². The summed E-state index contributed by atoms with van der Waals surface area (Å²) in [6, 6.07) is 0.303. The summed E-state index contributed by atoms with van der Waals surface area (Å²) in [7, 11) is 1.95. The first kappa shape index (κ1) is 14.3. The normalized spacial score (nSPS) is 22.0. The molecule has 0 aliphatic carbocycles. The summed E-state index contributed by atoms with van der Waals surface area (Å²) in [5, 5.41) is 7.99. The fourth-order valence-electron chi connectivity index (χ4n) is 2.96. The molecule has 0 unspecified atom stereocenters. The highest BCUT2D eigenvalue weighted by Crippen LogP contribution is 2.28. The third-order valence-corrected chi connectivity index (χ3v) is 4.10. The van der Waals surface area contributed by atoms with Crippen molar-refractivity contribution in [3.63, 3.8) is 0 Å². The fourth-order valence-corrected chi connectivity index (χ4v) is 2.96. The summed E-state index contributed by atoms with van der Waals surface area (Å²) in [5.41, 5.74) is 2.32. The van der Waals surface area contributed by atoms with Crippen LogP contribution in [0.1, 0.15) is 36.5 Å². The number of rotatable bonds is 5. The van der Waals surface area contributed by atoms with E-state index in [1.807, 2.05) is 31.0 Å². The molecule has 2 aromatic heterocycles. The first-order chi connectivity index (χ1) is 10.2. The molecule has 3 rings (SSSR count). The van der Waals surface area contributed by atoms with Crippen LogP contribution >= 0.6 is 0 Å². The SMILES string of the molecule is CCn1ccnc1[C@H]1OCC[C@@H]1NCc1cn(C)nc1C. The highest BCUT2D eigenvalue weighted by Gasteiger charge is 2.32. The summed E-state index contributed by atoms with van der Waals surface area (Å²) >= 11 is 0. The van der Waals surface area contributed by atoms with Crippen molar-refractivity contribution in [3.8, 4) is 0 Å². The average molecular weight is 289 g/mol. The molecule has 1 saturated heterocycles. The van der Waals surface area contributed by atoms with Gasteiger partial charge < -0.3 is 14.6 Å². The molecular weight excluding hydrogens is 266 g/mol. The maximum Gasteiger partial charge on any atom is 0.139 e. The van der Waals surface area contributed by atoms with Gasteiger partial charge in [-0.25, -0.2) is 4.98 Å². The highest BCUT2D eigenvalue weighted by atomic mass is 16.5. The first-order valence-electron chi connectivity index (χ1n) is 7.54. The molecule has 0 amide bonds. The van der Waals surface area contributed by atoms with Gasteiger partial charge in [-0.3, -0.25) is 4.68 Å². The van der Waals surface area contributed by atoms with Crippen molar-refractivity contribution in [2.75, 3.05) is 6.61 Å². The Labute approximate surface area is 125 Å². The van der Waals surface area contributed by atoms with Gasteiger partial charge in [0.15, 0.2) is 0 Å². The van der Waals surface area contributed by atoms with Crippen LogP contribution in [0.2, 0.25) is 0 Å². The van der Waals surface area contributed by atoms with E-state index in [1.54, 1.807) is 0 Å². The number of nitrogens with zero attached hydrogens (tertiary/aromatic N) is 4. The second-order valence-electron chi connectivity index (χ2n) is 5.55. The Morgan fingerprint density at radius 2 is 2.33 bits per heavy atom. The maximum absolute atomic E-state index is 5.91. The molecule has 21 heavy (non-hydrogen) atoms. The molecule has 1 aliphatic heterocycles. The van der Waals surface area contributed by atoms with Gasteiger partial charge in [-0.15, -0.1) is 0 Å². The van der Waals surface area contributed by atoms with E-state index in [0.29, 0.717) is 6.04 Å². The molecule has 1 aliphatic rings. The standard InChI is InChI=1S/C15H23N5O/c1-4-20-7-6-16-15(20)14-13(5-8-21-14)17-9-12-10-19(3)18-11(12)2/h6-7,10,13-14,17H,4-5,8-9H2,1-3H3/t13-,14-/m0/s1. The van der Waals surface area contributed by atoms with E-state index in [9.17, 15) is 0 Å². The lowest BCUT2D eigenvalue weighted by Gasteiger charge is -2.20. The zero-order chi connectivity index (χ0) is 14.8. The molecule has 0 saturated carbocycles. The van der Waals surface area contributed by atoms with Crippen molar-refractivity contribution >= 4 is 0 Å². The van der Waals surface area contributed by atoms with Crippen LogP contribution < -0.4 is 5.32 Å². The zero-order valence-corrected chi connectivity index (χ0v) is 12.9. The molecule has 6 nitrogen and oxygen atoms in total. The lowest BCUT2D eigenvalue weighted by Crippen LogP contribution is -2.32. The molecule has 1 N–H and O–H groups in total. The number of imidazole rings is 1. The fraction of sp³-hybridized carbons (Fsp3) is 0.600. The van der Waals surface area contributed by atoms with Crippen molar-refractivity contribution in [2.45, 2.75) is 45.5 Å². The minimum Gasteiger partial charge on any atom is -0.369 e. The van der Waals surface area contributed by atoms with Gasteiger partial charge in [0.1, 0.15) is 11.9 Å². The lowest BCUT2D eigenvalue weighted by molar-refractivity contribution is 0.0886. The molecule has 6 heteroatoms. The Balaban J connectivity index is 1.69. The summed E-state index contributed by atoms with van der Waals surface area (Å²) in [6.45, 7) is 6.69. The number of aryl methyl sites for hydroxylation is 3. The Hall–Kier alpha value is -1.66. The van der Waals surface area contributed by atoms with E-state index < -0.39 is 0 Å². The summed E-state index contributed by atoms with van der Waals surface area (Å²) in [5.74, 6) is 1.02. The van der Waals surface area contributed by atoms with Crippen molar-refractivity contribution in [3.05, 3.63) is 35.7 Å². The monoisotopic (exact) mass is 289 g/mol. The number of nitrogens with one attached hydrogen (secondary N) is 1. The first-order valence-corrected chi connectivity index (χ1v) is 7.54. The van der Waals surface area contributed by atoms with Crippen LogP contribution in [-0.2, 0) is 24.9 Å². The molecule has 0 bridgehead atoms. The van der Waals surface area contributed by atoms with E-state index in [-0.39, 0.29) is 6.10 Å². The van der Waals surface area contributed by atoms with Crippen molar-refractivity contribution in [1.82, 2.24) is 24.6 Å². The van der Waals surface area contributed by atoms with E-state index >= 15 is 0 Å². The van der Waals surface area contributed by atoms with Crippen LogP contribution in [0, 0.1) is 6.92 Å². The summed E-state index contributed by atoms with van der Waals surface area (Å²) in [6.07, 6.45) is 6.99. The smallest absolute Gasteiger partial charge is 0.139 e. The Morgan fingerprint density at radius 3 is 3.05 bits per heavy atom. The van der Waals surface area contributed by atoms with E-state index in [1.165, 1.54) is 5.56 Å². The van der Waals surface area contributed by atoms with E-state index in [2.05, 4.69) is 33.1 Å². The molecule has 114 valence electrons. The van der Waals surface area contributed by atoms with Crippen LogP contribution in [0.4, 0.5) is 0 Å². The largest absolute Gasteiger partial charge is 0.369 e. The van der Waals surface area contributed by atoms with Gasteiger partial charge in [0.25, 0.3) is 0 Å². The summed E-state index contributed by atoms with van der Waals surface area (Å²) in [4.78, 5) is 4.48. The molecular formula is C15H23N5O. The van der Waals surface area contributed by atoms with Crippen LogP contribution in [0.5, 0.6) is 0 Å². The minimum atomic E-state index is 0.0388. The van der Waals surface area contributed by atoms with Crippen molar-refractivity contribution < 1.29 is 4.74 Å². The third-order valence-electron chi connectivity index (χ3n) is 4.10. The van der Waals surface area contributed by atoms with Gasteiger partial charge in [-0.1, -0.05) is 0 Å². The quantitative estimate of drug-likeness (QED) is 0.907. The lowest BCUT2D eigenvalue weighted by atomic mass is 10.1.